The van der Waals surface area contributed by atoms with Gasteiger partial charge in [0.05, 0.1) is 0 Å². The summed E-state index contributed by atoms with van der Waals surface area (Å²) in [6.45, 7) is 3.27. The van der Waals surface area contributed by atoms with Gasteiger partial charge < -0.3 is 25.4 Å². The number of hydrogen-bond acceptors (Lipinski definition) is 5. The summed E-state index contributed by atoms with van der Waals surface area (Å²) in [6.07, 6.45) is 3.27. The van der Waals surface area contributed by atoms with E-state index < -0.39 is 23.9 Å². The first-order valence-electron chi connectivity index (χ1n) is 9.31. The first-order chi connectivity index (χ1) is 14.3. The molecule has 1 aromatic carbocycles. The van der Waals surface area contributed by atoms with Crippen molar-refractivity contribution in [3.63, 3.8) is 0 Å². The van der Waals surface area contributed by atoms with Crippen molar-refractivity contribution in [2.45, 2.75) is 13.0 Å². The van der Waals surface area contributed by atoms with Crippen molar-refractivity contribution >= 4 is 40.3 Å². The zero-order valence-electron chi connectivity index (χ0n) is 16.3. The summed E-state index contributed by atoms with van der Waals surface area (Å²) in [5.74, 6) is -2.89. The number of nitrogens with zero attached hydrogens (tertiary/aromatic N) is 2. The largest absolute Gasteiger partial charge is 0.480 e. The number of carbonyl (C=O) groups is 4. The smallest absolute Gasteiger partial charge is 0.328 e. The third kappa shape index (κ3) is 4.66. The highest BCUT2D eigenvalue weighted by Gasteiger charge is 2.32. The Balaban J connectivity index is 1.86. The van der Waals surface area contributed by atoms with E-state index in [-0.39, 0.29) is 5.91 Å². The Morgan fingerprint density at radius 3 is 2.40 bits per heavy atom. The molecule has 0 saturated carbocycles. The number of anilines is 1. The fourth-order valence-electron chi connectivity index (χ4n) is 3.56. The van der Waals surface area contributed by atoms with Crippen LogP contribution in [0.3, 0.4) is 0 Å². The molecule has 10 nitrogen and oxygen atoms in total. The van der Waals surface area contributed by atoms with Crippen molar-refractivity contribution in [2.75, 3.05) is 31.5 Å². The normalized spacial score (nSPS) is 16.0. The van der Waals surface area contributed by atoms with Crippen LogP contribution < -0.4 is 5.32 Å². The maximum atomic E-state index is 12.1. The number of aromatic nitrogens is 1. The Labute approximate surface area is 171 Å². The molecular weight excluding hydrogens is 392 g/mol. The highest BCUT2D eigenvalue weighted by atomic mass is 16.4. The lowest BCUT2D eigenvalue weighted by atomic mass is 10.0. The second kappa shape index (κ2) is 8.78. The van der Waals surface area contributed by atoms with Crippen LogP contribution in [0.1, 0.15) is 18.5 Å². The van der Waals surface area contributed by atoms with Gasteiger partial charge in [0.1, 0.15) is 6.04 Å². The quantitative estimate of drug-likeness (QED) is 0.517. The molecule has 1 aliphatic rings. The lowest BCUT2D eigenvalue weighted by Gasteiger charge is -2.37. The number of benzene rings is 1. The maximum absolute atomic E-state index is 12.1. The van der Waals surface area contributed by atoms with Crippen LogP contribution in [0.15, 0.2) is 36.5 Å². The second-order valence-corrected chi connectivity index (χ2v) is 6.95. The van der Waals surface area contributed by atoms with Gasteiger partial charge in [0.2, 0.25) is 11.8 Å². The maximum Gasteiger partial charge on any atom is 0.328 e. The summed E-state index contributed by atoms with van der Waals surface area (Å²) in [4.78, 5) is 52.6. The molecule has 3 rings (SSSR count). The first-order valence-corrected chi connectivity index (χ1v) is 9.31. The van der Waals surface area contributed by atoms with E-state index in [1.165, 1.54) is 6.92 Å². The van der Waals surface area contributed by atoms with Crippen LogP contribution in [-0.2, 0) is 19.2 Å². The summed E-state index contributed by atoms with van der Waals surface area (Å²) in [7, 11) is 0. The van der Waals surface area contributed by atoms with E-state index in [1.54, 1.807) is 29.3 Å². The summed E-state index contributed by atoms with van der Waals surface area (Å²) in [5.41, 5.74) is 1.66. The number of hydrogen-bond donors (Lipinski definition) is 4. The fourth-order valence-corrected chi connectivity index (χ4v) is 3.56. The average molecular weight is 414 g/mol. The Kier molecular flexibility index (Phi) is 6.17. The summed E-state index contributed by atoms with van der Waals surface area (Å²) >= 11 is 0. The molecule has 0 aliphatic carbocycles. The van der Waals surface area contributed by atoms with Crippen molar-refractivity contribution in [1.82, 2.24) is 14.8 Å². The minimum Gasteiger partial charge on any atom is -0.480 e. The Morgan fingerprint density at radius 2 is 1.80 bits per heavy atom. The molecule has 1 aliphatic heterocycles. The third-order valence-electron chi connectivity index (χ3n) is 5.01. The third-order valence-corrected chi connectivity index (χ3v) is 5.01. The van der Waals surface area contributed by atoms with E-state index >= 15 is 0 Å². The predicted molar refractivity (Wildman–Crippen MR) is 108 cm³/mol. The highest BCUT2D eigenvalue weighted by molar-refractivity contribution is 6.03. The molecule has 1 fully saturated rings. The number of amides is 2. The van der Waals surface area contributed by atoms with Gasteiger partial charge in [0, 0.05) is 73.6 Å². The van der Waals surface area contributed by atoms with Crippen LogP contribution in [0.2, 0.25) is 0 Å². The van der Waals surface area contributed by atoms with Gasteiger partial charge in [0.25, 0.3) is 0 Å². The minimum atomic E-state index is -1.23. The molecule has 2 aromatic rings. The number of fused-ring (bicyclic) bond motifs is 1. The minimum absolute atomic E-state index is 0.0362. The number of carbonyl (C=O) groups excluding carboxylic acids is 2. The first kappa shape index (κ1) is 21.1. The SMILES string of the molecule is CC(=O)N1CCN(C(C(=O)O)c2c[nH]c3ccc(NC(=O)/C=C/C(=O)O)cc23)CC1. The molecule has 158 valence electrons. The van der Waals surface area contributed by atoms with Gasteiger partial charge in [0.15, 0.2) is 0 Å². The van der Waals surface area contributed by atoms with Crippen LogP contribution in [0, 0.1) is 0 Å². The van der Waals surface area contributed by atoms with Crippen molar-refractivity contribution in [3.05, 3.63) is 42.1 Å². The average Bonchev–Trinajstić information content (AvgIpc) is 3.09. The Morgan fingerprint density at radius 1 is 1.10 bits per heavy atom. The van der Waals surface area contributed by atoms with E-state index in [2.05, 4.69) is 10.3 Å². The zero-order chi connectivity index (χ0) is 21.8. The van der Waals surface area contributed by atoms with Crippen LogP contribution in [-0.4, -0.2) is 74.9 Å². The van der Waals surface area contributed by atoms with Crippen LogP contribution in [0.25, 0.3) is 10.9 Å². The molecule has 0 bridgehead atoms. The van der Waals surface area contributed by atoms with Gasteiger partial charge in [-0.25, -0.2) is 4.79 Å². The molecule has 1 saturated heterocycles. The highest BCUT2D eigenvalue weighted by Crippen LogP contribution is 2.31. The number of carboxylic acid groups (broad SMARTS) is 2. The number of rotatable bonds is 6. The van der Waals surface area contributed by atoms with Crippen molar-refractivity contribution in [1.29, 1.82) is 0 Å². The standard InChI is InChI=1S/C20H22N4O6/c1-12(25)23-6-8-24(9-7-23)19(20(29)30)15-11-21-16-3-2-13(10-14(15)16)22-17(26)4-5-18(27)28/h2-5,10-11,19,21H,6-9H2,1H3,(H,22,26)(H,27,28)(H,29,30)/b5-4+. The fraction of sp³-hybridized carbons (Fsp3) is 0.300. The topological polar surface area (TPSA) is 143 Å². The lowest BCUT2D eigenvalue weighted by Crippen LogP contribution is -2.50. The van der Waals surface area contributed by atoms with Crippen molar-refractivity contribution in [2.24, 2.45) is 0 Å². The molecule has 0 spiro atoms. The number of aliphatic carboxylic acids is 2. The van der Waals surface area contributed by atoms with Gasteiger partial charge in [-0.3, -0.25) is 19.3 Å². The van der Waals surface area contributed by atoms with E-state index in [0.717, 1.165) is 12.2 Å². The predicted octanol–water partition coefficient (Wildman–Crippen LogP) is 1.04. The second-order valence-electron chi connectivity index (χ2n) is 6.95. The molecule has 2 amide bonds. The van der Waals surface area contributed by atoms with Crippen molar-refractivity contribution in [3.8, 4) is 0 Å². The molecule has 4 N–H and O–H groups in total. The molecule has 2 heterocycles. The van der Waals surface area contributed by atoms with Gasteiger partial charge in [-0.2, -0.15) is 0 Å². The molecule has 30 heavy (non-hydrogen) atoms. The van der Waals surface area contributed by atoms with Crippen LogP contribution >= 0.6 is 0 Å². The molecule has 1 atom stereocenters. The summed E-state index contributed by atoms with van der Waals surface area (Å²) in [6, 6.07) is 4.08. The number of H-pyrrole nitrogens is 1. The van der Waals surface area contributed by atoms with E-state index in [0.29, 0.717) is 48.3 Å². The molecule has 10 heteroatoms. The number of nitrogens with one attached hydrogen (secondary N) is 2. The van der Waals surface area contributed by atoms with E-state index in [1.807, 2.05) is 4.90 Å². The molecule has 1 unspecified atom stereocenters. The lowest BCUT2D eigenvalue weighted by molar-refractivity contribution is -0.145. The zero-order valence-corrected chi connectivity index (χ0v) is 16.3. The van der Waals surface area contributed by atoms with Gasteiger partial charge in [-0.15, -0.1) is 0 Å². The molecule has 0 radical (unpaired) electrons. The van der Waals surface area contributed by atoms with Crippen LogP contribution in [0.5, 0.6) is 0 Å². The number of aromatic amines is 1. The summed E-state index contributed by atoms with van der Waals surface area (Å²) in [5, 5.41) is 21.7. The van der Waals surface area contributed by atoms with E-state index in [4.69, 9.17) is 5.11 Å². The number of piperazine rings is 1. The monoisotopic (exact) mass is 414 g/mol. The number of carboxylic acids is 2. The molecule has 1 aromatic heterocycles. The van der Waals surface area contributed by atoms with Gasteiger partial charge in [-0.1, -0.05) is 0 Å². The van der Waals surface area contributed by atoms with Gasteiger partial charge in [-0.05, 0) is 18.2 Å². The van der Waals surface area contributed by atoms with Crippen LogP contribution in [0.4, 0.5) is 5.69 Å². The molecular formula is C20H22N4O6. The van der Waals surface area contributed by atoms with Gasteiger partial charge >= 0.3 is 11.9 Å². The van der Waals surface area contributed by atoms with Crippen molar-refractivity contribution < 1.29 is 29.4 Å². The Hall–Kier alpha value is -3.66. The summed E-state index contributed by atoms with van der Waals surface area (Å²) < 4.78 is 0. The van der Waals surface area contributed by atoms with E-state index in [9.17, 15) is 24.3 Å². The Bertz CT molecular complexity index is 1020.